The molecule has 6 heteroatoms. The van der Waals surface area contributed by atoms with Gasteiger partial charge in [-0.05, 0) is 24.3 Å². The van der Waals surface area contributed by atoms with Crippen molar-refractivity contribution in [2.75, 3.05) is 13.1 Å². The Morgan fingerprint density at radius 1 is 1.22 bits per heavy atom. The van der Waals surface area contributed by atoms with E-state index in [-0.39, 0.29) is 5.91 Å². The van der Waals surface area contributed by atoms with Crippen LogP contribution in [0.4, 0.5) is 0 Å². The molecule has 1 aromatic heterocycles. The third kappa shape index (κ3) is 4.79. The number of aromatic nitrogens is 2. The zero-order chi connectivity index (χ0) is 16.7. The highest BCUT2D eigenvalue weighted by atomic mass is 35.5. The van der Waals surface area contributed by atoms with Gasteiger partial charge in [0, 0.05) is 36.5 Å². The molecule has 0 aliphatic rings. The first-order chi connectivity index (χ1) is 11.1. The molecule has 1 amide bonds. The average molecular weight is 332 g/mol. The van der Waals surface area contributed by atoms with Crippen molar-refractivity contribution in [2.24, 2.45) is 0 Å². The molecule has 0 bridgehead atoms. The van der Waals surface area contributed by atoms with E-state index in [0.717, 1.165) is 5.56 Å². The van der Waals surface area contributed by atoms with Crippen LogP contribution < -0.4 is 0 Å². The van der Waals surface area contributed by atoms with E-state index in [1.54, 1.807) is 29.2 Å². The van der Waals surface area contributed by atoms with Crippen molar-refractivity contribution >= 4 is 17.5 Å². The van der Waals surface area contributed by atoms with Crippen molar-refractivity contribution in [1.82, 2.24) is 15.0 Å². The van der Waals surface area contributed by atoms with E-state index in [0.29, 0.717) is 42.7 Å². The largest absolute Gasteiger partial charge is 0.339 e. The molecule has 2 aromatic rings. The molecular weight excluding hydrogens is 314 g/mol. The van der Waals surface area contributed by atoms with Crippen molar-refractivity contribution in [3.63, 3.8) is 0 Å². The second kappa shape index (κ2) is 8.29. The molecule has 0 saturated carbocycles. The Morgan fingerprint density at radius 2 is 1.87 bits per heavy atom. The molecule has 0 spiro atoms. The third-order valence-electron chi connectivity index (χ3n) is 3.17. The van der Waals surface area contributed by atoms with E-state index < -0.39 is 0 Å². The fourth-order valence-corrected chi connectivity index (χ4v) is 2.16. The van der Waals surface area contributed by atoms with Gasteiger partial charge in [-0.2, -0.15) is 4.98 Å². The lowest BCUT2D eigenvalue weighted by Gasteiger charge is -2.18. The van der Waals surface area contributed by atoms with Crippen molar-refractivity contribution in [1.29, 1.82) is 0 Å². The average Bonchev–Trinajstić information content (AvgIpc) is 3.02. The predicted octanol–water partition coefficient (Wildman–Crippen LogP) is 3.52. The minimum Gasteiger partial charge on any atom is -0.339 e. The standard InChI is InChI=1S/C17H18ClN3O2/c1-3-11-21(12-4-2)16(22)10-9-15-19-17(20-23-15)13-5-7-14(18)8-6-13/h3-8H,1-2,9-12H2. The summed E-state index contributed by atoms with van der Waals surface area (Å²) in [7, 11) is 0. The summed E-state index contributed by atoms with van der Waals surface area (Å²) >= 11 is 5.85. The molecule has 0 aliphatic heterocycles. The van der Waals surface area contributed by atoms with E-state index in [9.17, 15) is 4.79 Å². The first-order valence-corrected chi connectivity index (χ1v) is 7.60. The Labute approximate surface area is 140 Å². The summed E-state index contributed by atoms with van der Waals surface area (Å²) in [5.41, 5.74) is 0.815. The number of amides is 1. The molecule has 0 atom stereocenters. The molecule has 0 fully saturated rings. The van der Waals surface area contributed by atoms with Gasteiger partial charge in [-0.25, -0.2) is 0 Å². The van der Waals surface area contributed by atoms with Gasteiger partial charge < -0.3 is 9.42 Å². The minimum absolute atomic E-state index is 0.00366. The molecule has 0 radical (unpaired) electrons. The van der Waals surface area contributed by atoms with E-state index >= 15 is 0 Å². The molecule has 0 saturated heterocycles. The van der Waals surface area contributed by atoms with Crippen molar-refractivity contribution in [2.45, 2.75) is 12.8 Å². The predicted molar refractivity (Wildman–Crippen MR) is 90.0 cm³/mol. The summed E-state index contributed by atoms with van der Waals surface area (Å²) in [6.45, 7) is 8.28. The number of hydrogen-bond donors (Lipinski definition) is 0. The summed E-state index contributed by atoms with van der Waals surface area (Å²) in [4.78, 5) is 18.1. The van der Waals surface area contributed by atoms with E-state index in [4.69, 9.17) is 16.1 Å². The fourth-order valence-electron chi connectivity index (χ4n) is 2.03. The van der Waals surface area contributed by atoms with E-state index in [1.807, 2.05) is 12.1 Å². The zero-order valence-electron chi connectivity index (χ0n) is 12.7. The number of aryl methyl sites for hydroxylation is 1. The molecular formula is C17H18ClN3O2. The van der Waals surface area contributed by atoms with Gasteiger partial charge in [0.1, 0.15) is 0 Å². The van der Waals surface area contributed by atoms with Crippen LogP contribution >= 0.6 is 11.6 Å². The lowest BCUT2D eigenvalue weighted by molar-refractivity contribution is -0.130. The molecule has 1 aromatic carbocycles. The highest BCUT2D eigenvalue weighted by Crippen LogP contribution is 2.19. The molecule has 1 heterocycles. The van der Waals surface area contributed by atoms with Gasteiger partial charge in [-0.1, -0.05) is 28.9 Å². The van der Waals surface area contributed by atoms with Crippen LogP contribution in [-0.2, 0) is 11.2 Å². The first kappa shape index (κ1) is 17.0. The van der Waals surface area contributed by atoms with Gasteiger partial charge in [0.25, 0.3) is 0 Å². The quantitative estimate of drug-likeness (QED) is 0.694. The Morgan fingerprint density at radius 3 is 2.48 bits per heavy atom. The molecule has 2 rings (SSSR count). The summed E-state index contributed by atoms with van der Waals surface area (Å²) in [5.74, 6) is 0.912. The molecule has 120 valence electrons. The van der Waals surface area contributed by atoms with Crippen molar-refractivity contribution in [3.05, 3.63) is 60.5 Å². The van der Waals surface area contributed by atoms with Crippen LogP contribution in [0, 0.1) is 0 Å². The number of rotatable bonds is 8. The van der Waals surface area contributed by atoms with Crippen LogP contribution in [0.1, 0.15) is 12.3 Å². The van der Waals surface area contributed by atoms with Crippen LogP contribution in [0.15, 0.2) is 54.1 Å². The molecule has 23 heavy (non-hydrogen) atoms. The van der Waals surface area contributed by atoms with Crippen LogP contribution in [0.3, 0.4) is 0 Å². The maximum absolute atomic E-state index is 12.1. The van der Waals surface area contributed by atoms with Crippen LogP contribution in [0.5, 0.6) is 0 Å². The number of hydrogen-bond acceptors (Lipinski definition) is 4. The summed E-state index contributed by atoms with van der Waals surface area (Å²) in [5, 5.41) is 4.57. The molecule has 5 nitrogen and oxygen atoms in total. The van der Waals surface area contributed by atoms with E-state index in [2.05, 4.69) is 23.3 Å². The second-order valence-corrected chi connectivity index (χ2v) is 5.33. The number of carbonyl (C=O) groups is 1. The SMILES string of the molecule is C=CCN(CC=C)C(=O)CCc1nc(-c2ccc(Cl)cc2)no1. The third-order valence-corrected chi connectivity index (χ3v) is 3.43. The lowest BCUT2D eigenvalue weighted by Crippen LogP contribution is -2.31. The van der Waals surface area contributed by atoms with Crippen molar-refractivity contribution in [3.8, 4) is 11.4 Å². The van der Waals surface area contributed by atoms with Crippen LogP contribution in [0.25, 0.3) is 11.4 Å². The second-order valence-electron chi connectivity index (χ2n) is 4.89. The zero-order valence-corrected chi connectivity index (χ0v) is 13.5. The Balaban J connectivity index is 1.96. The van der Waals surface area contributed by atoms with E-state index in [1.165, 1.54) is 0 Å². The highest BCUT2D eigenvalue weighted by molar-refractivity contribution is 6.30. The number of carbonyl (C=O) groups excluding carboxylic acids is 1. The van der Waals surface area contributed by atoms with Gasteiger partial charge in [0.2, 0.25) is 17.6 Å². The number of benzene rings is 1. The highest BCUT2D eigenvalue weighted by Gasteiger charge is 2.14. The minimum atomic E-state index is -0.00366. The van der Waals surface area contributed by atoms with Gasteiger partial charge in [-0.3, -0.25) is 4.79 Å². The monoisotopic (exact) mass is 331 g/mol. The lowest BCUT2D eigenvalue weighted by atomic mass is 10.2. The van der Waals surface area contributed by atoms with Gasteiger partial charge in [-0.15, -0.1) is 13.2 Å². The Kier molecular flexibility index (Phi) is 6.11. The fraction of sp³-hybridized carbons (Fsp3) is 0.235. The maximum atomic E-state index is 12.1. The summed E-state index contributed by atoms with van der Waals surface area (Å²) in [6, 6.07) is 7.16. The summed E-state index contributed by atoms with van der Waals surface area (Å²) < 4.78 is 5.19. The van der Waals surface area contributed by atoms with Crippen molar-refractivity contribution < 1.29 is 9.32 Å². The van der Waals surface area contributed by atoms with Gasteiger partial charge >= 0.3 is 0 Å². The van der Waals surface area contributed by atoms with Gasteiger partial charge in [0.05, 0.1) is 0 Å². The molecule has 0 aliphatic carbocycles. The van der Waals surface area contributed by atoms with Crippen LogP contribution in [-0.4, -0.2) is 34.0 Å². The summed E-state index contributed by atoms with van der Waals surface area (Å²) in [6.07, 6.45) is 4.06. The smallest absolute Gasteiger partial charge is 0.227 e. The maximum Gasteiger partial charge on any atom is 0.227 e. The Hall–Kier alpha value is -2.40. The number of halogens is 1. The number of nitrogens with zero attached hydrogens (tertiary/aromatic N) is 3. The van der Waals surface area contributed by atoms with Crippen LogP contribution in [0.2, 0.25) is 5.02 Å². The molecule has 0 unspecified atom stereocenters. The Bertz CT molecular complexity index is 669. The van der Waals surface area contributed by atoms with Gasteiger partial charge in [0.15, 0.2) is 0 Å². The first-order valence-electron chi connectivity index (χ1n) is 7.22. The topological polar surface area (TPSA) is 59.2 Å². The molecule has 0 N–H and O–H groups in total. The normalized spacial score (nSPS) is 10.3.